The summed E-state index contributed by atoms with van der Waals surface area (Å²) in [7, 11) is 0. The van der Waals surface area contributed by atoms with Crippen molar-refractivity contribution in [1.29, 1.82) is 0 Å². The van der Waals surface area contributed by atoms with Gasteiger partial charge in [-0.2, -0.15) is 0 Å². The molecule has 1 aliphatic rings. The molecule has 4 rings (SSSR count). The van der Waals surface area contributed by atoms with Gasteiger partial charge in [-0.25, -0.2) is 5.06 Å². The molecule has 120 valence electrons. The van der Waals surface area contributed by atoms with E-state index in [4.69, 9.17) is 4.84 Å². The summed E-state index contributed by atoms with van der Waals surface area (Å²) < 4.78 is 0. The lowest BCUT2D eigenvalue weighted by Crippen LogP contribution is -2.25. The lowest BCUT2D eigenvalue weighted by molar-refractivity contribution is -0.00264. The Kier molecular flexibility index (Phi) is 3.83. The molecule has 0 saturated carbocycles. The highest BCUT2D eigenvalue weighted by Crippen LogP contribution is 2.47. The number of benzene rings is 3. The summed E-state index contributed by atoms with van der Waals surface area (Å²) in [6, 6.07) is 31.7. The number of hydrogen-bond acceptors (Lipinski definition) is 2. The second-order valence-electron chi connectivity index (χ2n) is 6.48. The van der Waals surface area contributed by atoms with Crippen LogP contribution >= 0.6 is 0 Å². The van der Waals surface area contributed by atoms with Gasteiger partial charge in [0.2, 0.25) is 0 Å². The summed E-state index contributed by atoms with van der Waals surface area (Å²) in [5, 5.41) is 2.07. The van der Waals surface area contributed by atoms with Crippen molar-refractivity contribution in [3.8, 4) is 0 Å². The summed E-state index contributed by atoms with van der Waals surface area (Å²) in [4.78, 5) is 6.52. The molecule has 0 radical (unpaired) electrons. The van der Waals surface area contributed by atoms with Crippen LogP contribution in [0.15, 0.2) is 91.0 Å². The Morgan fingerprint density at radius 1 is 0.792 bits per heavy atom. The van der Waals surface area contributed by atoms with Gasteiger partial charge in [-0.1, -0.05) is 78.9 Å². The Bertz CT molecular complexity index is 738. The largest absolute Gasteiger partial charge is 0.262 e. The topological polar surface area (TPSA) is 12.5 Å². The number of hydrogen-bond donors (Lipinski definition) is 0. The number of para-hydroxylation sites is 1. The van der Waals surface area contributed by atoms with E-state index in [0.717, 1.165) is 12.1 Å². The quantitative estimate of drug-likeness (QED) is 0.634. The monoisotopic (exact) mass is 315 g/mol. The molecule has 24 heavy (non-hydrogen) atoms. The minimum atomic E-state index is -0.336. The van der Waals surface area contributed by atoms with Crippen LogP contribution in [-0.2, 0) is 10.4 Å². The fourth-order valence-electron chi connectivity index (χ4n) is 3.47. The van der Waals surface area contributed by atoms with Crippen molar-refractivity contribution < 1.29 is 4.84 Å². The molecule has 0 amide bonds. The van der Waals surface area contributed by atoms with Crippen LogP contribution in [-0.4, -0.2) is 0 Å². The maximum Gasteiger partial charge on any atom is 0.121 e. The summed E-state index contributed by atoms with van der Waals surface area (Å²) in [5.74, 6) is 0. The van der Waals surface area contributed by atoms with E-state index in [1.807, 2.05) is 12.1 Å². The van der Waals surface area contributed by atoms with E-state index in [0.29, 0.717) is 0 Å². The number of rotatable bonds is 3. The molecule has 0 aromatic heterocycles. The molecule has 1 fully saturated rings. The summed E-state index contributed by atoms with van der Waals surface area (Å²) >= 11 is 0. The summed E-state index contributed by atoms with van der Waals surface area (Å²) in [6.07, 6.45) is 0.913. The molecule has 1 aliphatic heterocycles. The second kappa shape index (κ2) is 6.14. The average Bonchev–Trinajstić information content (AvgIpc) is 3.03. The molecule has 0 N–H and O–H groups in total. The van der Waals surface area contributed by atoms with E-state index < -0.39 is 0 Å². The normalized spacial score (nSPS) is 23.4. The predicted molar refractivity (Wildman–Crippen MR) is 97.6 cm³/mol. The first kappa shape index (κ1) is 15.0. The van der Waals surface area contributed by atoms with Crippen LogP contribution in [0.2, 0.25) is 0 Å². The molecule has 0 bridgehead atoms. The highest BCUT2D eigenvalue weighted by molar-refractivity contribution is 5.48. The molecule has 0 spiro atoms. The van der Waals surface area contributed by atoms with Gasteiger partial charge in [-0.15, -0.1) is 0 Å². The van der Waals surface area contributed by atoms with Gasteiger partial charge in [0.05, 0.1) is 11.7 Å². The van der Waals surface area contributed by atoms with E-state index in [1.54, 1.807) is 0 Å². The molecule has 0 aliphatic carbocycles. The van der Waals surface area contributed by atoms with Gasteiger partial charge in [0, 0.05) is 6.42 Å². The molecule has 2 heteroatoms. The first-order chi connectivity index (χ1) is 11.8. The van der Waals surface area contributed by atoms with Crippen LogP contribution in [0.25, 0.3) is 0 Å². The number of anilines is 1. The fraction of sp³-hybridized carbons (Fsp3) is 0.182. The first-order valence-electron chi connectivity index (χ1n) is 8.40. The maximum absolute atomic E-state index is 6.52. The highest BCUT2D eigenvalue weighted by Gasteiger charge is 2.44. The SMILES string of the molecule is C[C@]1(c2ccccc2)C[C@@H](c2ccccc2)N(c2ccccc2)O1. The number of nitrogens with zero attached hydrogens (tertiary/aromatic N) is 1. The van der Waals surface area contributed by atoms with Crippen molar-refractivity contribution >= 4 is 5.69 Å². The van der Waals surface area contributed by atoms with Crippen LogP contribution in [0.4, 0.5) is 5.69 Å². The summed E-state index contributed by atoms with van der Waals surface area (Å²) in [6.45, 7) is 2.18. The second-order valence-corrected chi connectivity index (χ2v) is 6.48. The van der Waals surface area contributed by atoms with Gasteiger partial charge in [-0.3, -0.25) is 4.84 Å². The minimum Gasteiger partial charge on any atom is -0.262 e. The Labute approximate surface area is 143 Å². The molecular weight excluding hydrogens is 294 g/mol. The molecule has 1 saturated heterocycles. The van der Waals surface area contributed by atoms with Crippen LogP contribution < -0.4 is 5.06 Å². The standard InChI is InChI=1S/C22H21NO/c1-22(19-13-7-3-8-14-19)17-21(18-11-5-2-6-12-18)23(24-22)20-15-9-4-10-16-20/h2-16,21H,17H2,1H3/t21-,22+/m0/s1. The van der Waals surface area contributed by atoms with Crippen LogP contribution in [0, 0.1) is 0 Å². The van der Waals surface area contributed by atoms with Crippen molar-refractivity contribution in [3.63, 3.8) is 0 Å². The van der Waals surface area contributed by atoms with Crippen LogP contribution in [0.1, 0.15) is 30.5 Å². The molecule has 3 aromatic rings. The molecular formula is C22H21NO. The molecule has 0 unspecified atom stereocenters. The van der Waals surface area contributed by atoms with Crippen molar-refractivity contribution in [1.82, 2.24) is 0 Å². The average molecular weight is 315 g/mol. The van der Waals surface area contributed by atoms with E-state index in [2.05, 4.69) is 90.8 Å². The number of hydroxylamine groups is 1. The lowest BCUT2D eigenvalue weighted by Gasteiger charge is -2.27. The third-order valence-corrected chi connectivity index (χ3v) is 4.75. The Hall–Kier alpha value is -2.58. The fourth-order valence-corrected chi connectivity index (χ4v) is 3.47. The maximum atomic E-state index is 6.52. The Morgan fingerprint density at radius 3 is 1.96 bits per heavy atom. The van der Waals surface area contributed by atoms with Gasteiger partial charge in [0.1, 0.15) is 5.60 Å². The van der Waals surface area contributed by atoms with E-state index in [-0.39, 0.29) is 11.6 Å². The summed E-state index contributed by atoms with van der Waals surface area (Å²) in [5.41, 5.74) is 3.24. The van der Waals surface area contributed by atoms with E-state index >= 15 is 0 Å². The molecule has 1 heterocycles. The highest BCUT2D eigenvalue weighted by atomic mass is 16.7. The van der Waals surface area contributed by atoms with Crippen molar-refractivity contribution in [2.45, 2.75) is 25.0 Å². The molecule has 3 aromatic carbocycles. The van der Waals surface area contributed by atoms with Gasteiger partial charge >= 0.3 is 0 Å². The van der Waals surface area contributed by atoms with Gasteiger partial charge in [-0.05, 0) is 30.2 Å². The predicted octanol–water partition coefficient (Wildman–Crippen LogP) is 5.49. The lowest BCUT2D eigenvalue weighted by atomic mass is 9.88. The van der Waals surface area contributed by atoms with Gasteiger partial charge in [0.25, 0.3) is 0 Å². The van der Waals surface area contributed by atoms with Crippen molar-refractivity contribution in [2.24, 2.45) is 0 Å². The van der Waals surface area contributed by atoms with Gasteiger partial charge in [0.15, 0.2) is 0 Å². The Morgan fingerprint density at radius 2 is 1.33 bits per heavy atom. The van der Waals surface area contributed by atoms with Crippen molar-refractivity contribution in [3.05, 3.63) is 102 Å². The molecule has 2 nitrogen and oxygen atoms in total. The van der Waals surface area contributed by atoms with Gasteiger partial charge < -0.3 is 0 Å². The zero-order chi connectivity index (χ0) is 16.4. The third kappa shape index (κ3) is 2.70. The smallest absolute Gasteiger partial charge is 0.121 e. The first-order valence-corrected chi connectivity index (χ1v) is 8.40. The van der Waals surface area contributed by atoms with E-state index in [1.165, 1.54) is 11.1 Å². The minimum absolute atomic E-state index is 0.193. The van der Waals surface area contributed by atoms with E-state index in [9.17, 15) is 0 Å². The van der Waals surface area contributed by atoms with Crippen LogP contribution in [0.3, 0.4) is 0 Å². The Balaban J connectivity index is 1.76. The van der Waals surface area contributed by atoms with Crippen LogP contribution in [0.5, 0.6) is 0 Å². The zero-order valence-corrected chi connectivity index (χ0v) is 13.8. The molecule has 2 atom stereocenters. The van der Waals surface area contributed by atoms with Crippen molar-refractivity contribution in [2.75, 3.05) is 5.06 Å². The third-order valence-electron chi connectivity index (χ3n) is 4.75. The zero-order valence-electron chi connectivity index (χ0n) is 13.8.